The smallest absolute Gasteiger partial charge is 0.402 e. The van der Waals surface area contributed by atoms with Crippen LogP contribution in [0.1, 0.15) is 63.8 Å². The van der Waals surface area contributed by atoms with E-state index in [4.69, 9.17) is 9.31 Å². The fraction of sp³-hybridized carbons (Fsp3) is 0.359. The maximum absolute atomic E-state index is 14.3. The molecule has 4 aromatic rings. The van der Waals surface area contributed by atoms with E-state index in [1.54, 1.807) is 6.92 Å². The summed E-state index contributed by atoms with van der Waals surface area (Å²) in [4.78, 5) is 44.7. The van der Waals surface area contributed by atoms with Crippen molar-refractivity contribution in [2.24, 2.45) is 0 Å². The molecule has 3 atom stereocenters. The Morgan fingerprint density at radius 3 is 2.18 bits per heavy atom. The number of carbonyl (C=O) groups excluding carboxylic acids is 3. The summed E-state index contributed by atoms with van der Waals surface area (Å²) >= 11 is 0. The summed E-state index contributed by atoms with van der Waals surface area (Å²) in [7, 11) is -0.719. The van der Waals surface area contributed by atoms with Crippen molar-refractivity contribution < 1.29 is 23.7 Å². The molecule has 4 N–H and O–H groups in total. The minimum Gasteiger partial charge on any atom is -0.402 e. The molecule has 0 unspecified atom stereocenters. The lowest BCUT2D eigenvalue weighted by molar-refractivity contribution is -0.131. The highest BCUT2D eigenvalue weighted by Gasteiger charge is 2.54. The molecule has 1 aliphatic carbocycles. The van der Waals surface area contributed by atoms with Gasteiger partial charge < -0.3 is 30.2 Å². The van der Waals surface area contributed by atoms with Crippen molar-refractivity contribution in [2.75, 3.05) is 0 Å². The lowest BCUT2D eigenvalue weighted by Crippen LogP contribution is -2.58. The molecule has 254 valence electrons. The van der Waals surface area contributed by atoms with E-state index in [2.05, 4.69) is 20.9 Å². The Bertz CT molecular complexity index is 1880. The van der Waals surface area contributed by atoms with Gasteiger partial charge in [0, 0.05) is 35.5 Å². The van der Waals surface area contributed by atoms with Crippen molar-refractivity contribution in [2.45, 2.75) is 90.0 Å². The summed E-state index contributed by atoms with van der Waals surface area (Å²) in [5.41, 5.74) is 5.31. The first-order chi connectivity index (χ1) is 23.3. The van der Waals surface area contributed by atoms with Crippen molar-refractivity contribution in [1.29, 1.82) is 0 Å². The topological polar surface area (TPSA) is 122 Å². The van der Waals surface area contributed by atoms with Gasteiger partial charge in [0.25, 0.3) is 0 Å². The van der Waals surface area contributed by atoms with Crippen LogP contribution < -0.4 is 16.0 Å². The number of amides is 3. The van der Waals surface area contributed by atoms with Gasteiger partial charge in [0.1, 0.15) is 12.1 Å². The van der Waals surface area contributed by atoms with Gasteiger partial charge in [-0.2, -0.15) is 0 Å². The summed E-state index contributed by atoms with van der Waals surface area (Å²) in [6.45, 7) is 11.5. The normalized spacial score (nSPS) is 18.1. The number of hydrogen-bond acceptors (Lipinski definition) is 5. The molecular weight excluding hydrogens is 615 g/mol. The standard InChI is InChI=1S/C39H45BN4O5/c1-24-29-17-11-10-16-27(29)21-31(24)36(46)42-25(2)35(45)43-33(22-28-23-41-32-19-13-12-18-30(28)32)37(47)44-34(20-26-14-8-7-9-15-26)40-48-38(3,4)39(5,6)49-40/h7-19,23,25,33-34,41H,20-22H2,1-6H3,(H,42,46)(H,43,45)(H,44,47)/t25-,33+,34+/m1/s1. The van der Waals surface area contributed by atoms with Crippen molar-refractivity contribution in [3.05, 3.63) is 113 Å². The van der Waals surface area contributed by atoms with E-state index in [0.717, 1.165) is 38.7 Å². The summed E-state index contributed by atoms with van der Waals surface area (Å²) in [5, 5.41) is 9.97. The van der Waals surface area contributed by atoms with E-state index in [0.29, 0.717) is 18.4 Å². The van der Waals surface area contributed by atoms with E-state index < -0.39 is 42.3 Å². The highest BCUT2D eigenvalue weighted by molar-refractivity contribution is 6.48. The molecule has 0 saturated carbocycles. The first kappa shape index (κ1) is 34.2. The highest BCUT2D eigenvalue weighted by Crippen LogP contribution is 2.38. The predicted molar refractivity (Wildman–Crippen MR) is 192 cm³/mol. The molecule has 2 heterocycles. The van der Waals surface area contributed by atoms with E-state index in [-0.39, 0.29) is 18.2 Å². The number of benzene rings is 3. The van der Waals surface area contributed by atoms with Crippen LogP contribution in [-0.2, 0) is 43.0 Å². The number of fused-ring (bicyclic) bond motifs is 2. The Labute approximate surface area is 288 Å². The van der Waals surface area contributed by atoms with Crippen molar-refractivity contribution in [3.63, 3.8) is 0 Å². The lowest BCUT2D eigenvalue weighted by Gasteiger charge is -2.32. The molecule has 0 radical (unpaired) electrons. The SMILES string of the molecule is CC1=C(C(=O)N[C@H](C)C(=O)N[C@@H](Cc2c[nH]c3ccccc23)C(=O)N[C@@H](Cc2ccccc2)B2OC(C)(C)C(C)(C)O2)Cc2ccccc21. The molecular formula is C39H45BN4O5. The number of para-hydroxylation sites is 1. The molecule has 1 saturated heterocycles. The third kappa shape index (κ3) is 7.21. The molecule has 1 aromatic heterocycles. The van der Waals surface area contributed by atoms with Crippen molar-refractivity contribution in [1.82, 2.24) is 20.9 Å². The zero-order chi connectivity index (χ0) is 34.9. The Balaban J connectivity index is 1.23. The fourth-order valence-corrected chi connectivity index (χ4v) is 6.57. The highest BCUT2D eigenvalue weighted by atomic mass is 16.7. The van der Waals surface area contributed by atoms with Gasteiger partial charge in [-0.3, -0.25) is 14.4 Å². The second kappa shape index (κ2) is 13.7. The molecule has 10 heteroatoms. The number of carbonyl (C=O) groups is 3. The molecule has 0 bridgehead atoms. The molecule has 2 aliphatic rings. The van der Waals surface area contributed by atoms with E-state index in [1.807, 2.05) is 120 Å². The predicted octanol–water partition coefficient (Wildman–Crippen LogP) is 5.09. The summed E-state index contributed by atoms with van der Waals surface area (Å²) < 4.78 is 12.8. The van der Waals surface area contributed by atoms with Crippen LogP contribution in [0.4, 0.5) is 0 Å². The van der Waals surface area contributed by atoms with E-state index in [9.17, 15) is 14.4 Å². The third-order valence-corrected chi connectivity index (χ3v) is 10.2. The maximum Gasteiger partial charge on any atom is 0.482 e. The van der Waals surface area contributed by atoms with Crippen molar-refractivity contribution >= 4 is 41.3 Å². The van der Waals surface area contributed by atoms with Gasteiger partial charge >= 0.3 is 7.12 Å². The number of nitrogens with one attached hydrogen (secondary N) is 4. The molecule has 1 fully saturated rings. The summed E-state index contributed by atoms with van der Waals surface area (Å²) in [6.07, 6.45) is 3.06. The molecule has 3 amide bonds. The Hall–Kier alpha value is -4.67. The average molecular weight is 661 g/mol. The minimum absolute atomic E-state index is 0.225. The Kier molecular flexibility index (Phi) is 9.55. The molecule has 0 spiro atoms. The van der Waals surface area contributed by atoms with E-state index >= 15 is 0 Å². The van der Waals surface area contributed by atoms with Crippen LogP contribution in [0.15, 0.2) is 90.6 Å². The van der Waals surface area contributed by atoms with Gasteiger partial charge in [-0.15, -0.1) is 0 Å². The van der Waals surface area contributed by atoms with Crippen LogP contribution >= 0.6 is 0 Å². The second-order valence-corrected chi connectivity index (χ2v) is 14.2. The van der Waals surface area contributed by atoms with Crippen LogP contribution in [0, 0.1) is 0 Å². The maximum atomic E-state index is 14.3. The number of H-pyrrole nitrogens is 1. The van der Waals surface area contributed by atoms with Gasteiger partial charge in [-0.05, 0) is 81.9 Å². The largest absolute Gasteiger partial charge is 0.482 e. The first-order valence-corrected chi connectivity index (χ1v) is 17.0. The van der Waals surface area contributed by atoms with Gasteiger partial charge in [0.15, 0.2) is 0 Å². The monoisotopic (exact) mass is 660 g/mol. The van der Waals surface area contributed by atoms with E-state index in [1.165, 1.54) is 0 Å². The summed E-state index contributed by atoms with van der Waals surface area (Å²) in [5.74, 6) is -1.68. The quantitative estimate of drug-likeness (QED) is 0.167. The first-order valence-electron chi connectivity index (χ1n) is 17.0. The van der Waals surface area contributed by atoms with Crippen LogP contribution in [-0.4, -0.2) is 59.1 Å². The number of aromatic nitrogens is 1. The van der Waals surface area contributed by atoms with Gasteiger partial charge in [0.2, 0.25) is 17.7 Å². The number of aromatic amines is 1. The lowest BCUT2D eigenvalue weighted by atomic mass is 9.74. The Morgan fingerprint density at radius 2 is 1.47 bits per heavy atom. The van der Waals surface area contributed by atoms with Crippen LogP contribution in [0.2, 0.25) is 0 Å². The van der Waals surface area contributed by atoms with Crippen molar-refractivity contribution in [3.8, 4) is 0 Å². The van der Waals surface area contributed by atoms with Crippen LogP contribution in [0.25, 0.3) is 16.5 Å². The minimum atomic E-state index is -0.955. The molecule has 49 heavy (non-hydrogen) atoms. The zero-order valence-electron chi connectivity index (χ0n) is 29.1. The number of hydrogen-bond donors (Lipinski definition) is 4. The number of rotatable bonds is 11. The molecule has 6 rings (SSSR count). The molecule has 3 aromatic carbocycles. The molecule has 9 nitrogen and oxygen atoms in total. The third-order valence-electron chi connectivity index (χ3n) is 10.2. The number of allylic oxidation sites excluding steroid dienone is 1. The van der Waals surface area contributed by atoms with Gasteiger partial charge in [0.05, 0.1) is 17.1 Å². The Morgan fingerprint density at radius 1 is 0.816 bits per heavy atom. The average Bonchev–Trinajstić information content (AvgIpc) is 3.71. The second-order valence-electron chi connectivity index (χ2n) is 14.2. The summed E-state index contributed by atoms with van der Waals surface area (Å²) in [6, 6.07) is 23.8. The zero-order valence-corrected chi connectivity index (χ0v) is 29.1. The fourth-order valence-electron chi connectivity index (χ4n) is 6.57. The van der Waals surface area contributed by atoms with Crippen LogP contribution in [0.5, 0.6) is 0 Å². The van der Waals surface area contributed by atoms with Crippen LogP contribution in [0.3, 0.4) is 0 Å². The van der Waals surface area contributed by atoms with Gasteiger partial charge in [-0.1, -0.05) is 72.8 Å². The molecule has 1 aliphatic heterocycles. The van der Waals surface area contributed by atoms with Gasteiger partial charge in [-0.25, -0.2) is 0 Å².